The van der Waals surface area contributed by atoms with Crippen LogP contribution in [0.2, 0.25) is 0 Å². The van der Waals surface area contributed by atoms with Crippen LogP contribution in [0.1, 0.15) is 56.8 Å². The van der Waals surface area contributed by atoms with Crippen LogP contribution in [0.5, 0.6) is 0 Å². The number of carbonyl (C=O) groups is 3. The van der Waals surface area contributed by atoms with Crippen LogP contribution in [-0.2, 0) is 9.59 Å². The summed E-state index contributed by atoms with van der Waals surface area (Å²) < 4.78 is 0. The molecule has 0 radical (unpaired) electrons. The third-order valence-corrected chi connectivity index (χ3v) is 9.49. The van der Waals surface area contributed by atoms with E-state index in [1.54, 1.807) is 4.90 Å². The lowest BCUT2D eigenvalue weighted by Crippen LogP contribution is -2.48. The molecule has 3 amide bonds. The van der Waals surface area contributed by atoms with Gasteiger partial charge in [-0.3, -0.25) is 14.4 Å². The van der Waals surface area contributed by atoms with E-state index in [4.69, 9.17) is 12.2 Å². The minimum absolute atomic E-state index is 0.000756. The van der Waals surface area contributed by atoms with E-state index in [2.05, 4.69) is 26.8 Å². The van der Waals surface area contributed by atoms with Crippen molar-refractivity contribution >= 4 is 45.9 Å². The van der Waals surface area contributed by atoms with Crippen LogP contribution in [0.15, 0.2) is 47.1 Å². The molecule has 1 atom stereocenters. The predicted molar refractivity (Wildman–Crippen MR) is 171 cm³/mol. The van der Waals surface area contributed by atoms with Gasteiger partial charge in [0.25, 0.3) is 11.8 Å². The summed E-state index contributed by atoms with van der Waals surface area (Å²) >= 11 is 1.29. The van der Waals surface area contributed by atoms with Gasteiger partial charge in [-0.05, 0) is 80.7 Å². The zero-order valence-corrected chi connectivity index (χ0v) is 25.6. The van der Waals surface area contributed by atoms with Gasteiger partial charge in [-0.15, -0.1) is 6.42 Å². The van der Waals surface area contributed by atoms with Crippen molar-refractivity contribution in [1.29, 1.82) is 0 Å². The third kappa shape index (κ3) is 7.02. The summed E-state index contributed by atoms with van der Waals surface area (Å²) in [7, 11) is 0. The van der Waals surface area contributed by atoms with Gasteiger partial charge in [-0.25, -0.2) is 0 Å². The lowest BCUT2D eigenvalue weighted by molar-refractivity contribution is -0.127. The second-order valence-corrected chi connectivity index (χ2v) is 11.9. The highest BCUT2D eigenvalue weighted by molar-refractivity contribution is 8.04. The molecule has 2 heterocycles. The summed E-state index contributed by atoms with van der Waals surface area (Å²) in [5.74, 6) is 2.05. The largest absolute Gasteiger partial charge is 0.392 e. The molecular weight excluding hydrogens is 548 g/mol. The second kappa shape index (κ2) is 14.0. The molecule has 0 unspecified atom stereocenters. The Morgan fingerprint density at radius 1 is 1.10 bits per heavy atom. The molecule has 2 aliphatic rings. The quantitative estimate of drug-likeness (QED) is 0.221. The van der Waals surface area contributed by atoms with Gasteiger partial charge < -0.3 is 31.5 Å². The number of nitrogens with zero attached hydrogens (tertiary/aromatic N) is 2. The predicted octanol–water partition coefficient (Wildman–Crippen LogP) is 3.48. The molecule has 42 heavy (non-hydrogen) atoms. The van der Waals surface area contributed by atoms with Crippen molar-refractivity contribution in [2.75, 3.05) is 44.6 Å². The Hall–Kier alpha value is -3.68. The molecular formula is C32H42N6O3S. The van der Waals surface area contributed by atoms with E-state index in [0.717, 1.165) is 36.1 Å². The Labute approximate surface area is 253 Å². The van der Waals surface area contributed by atoms with Gasteiger partial charge >= 0.3 is 0 Å². The minimum atomic E-state index is -0.776. The summed E-state index contributed by atoms with van der Waals surface area (Å²) in [6, 6.07) is 11.6. The number of fused-ring (bicyclic) bond motifs is 1. The maximum absolute atomic E-state index is 13.2. The standard InChI is InChI=1S/C32H42N6O3S/c1-5-32(6-2,7-3)36-29(40)27(33)31-38(8-4)30(41)26(42-31)21-35-25-14-13-22-19-24(12-11-23(22)20-25)28(39)34-15-18-37-16-9-10-17-37/h1,11-14,19-20,26,35H,6-10,15-18,21,33H2,2-4H3,(H,34,39)(H,36,40)/b31-27+/t26-/m1/s1. The average Bonchev–Trinajstić information content (AvgIpc) is 3.65. The highest BCUT2D eigenvalue weighted by Gasteiger charge is 2.39. The molecule has 2 aromatic carbocycles. The topological polar surface area (TPSA) is 120 Å². The van der Waals surface area contributed by atoms with Gasteiger partial charge in [0, 0.05) is 37.4 Å². The number of terminal acetylenes is 1. The van der Waals surface area contributed by atoms with E-state index in [0.29, 0.717) is 43.1 Å². The van der Waals surface area contributed by atoms with Crippen molar-refractivity contribution in [2.24, 2.45) is 5.73 Å². The summed E-state index contributed by atoms with van der Waals surface area (Å²) in [6.07, 6.45) is 9.32. The Kier molecular flexibility index (Phi) is 10.4. The molecule has 2 fully saturated rings. The highest BCUT2D eigenvalue weighted by Crippen LogP contribution is 2.36. The van der Waals surface area contributed by atoms with Crippen LogP contribution in [-0.4, -0.2) is 77.6 Å². The normalized spacial score (nSPS) is 18.7. The Bertz CT molecular complexity index is 1390. The number of nitrogens with one attached hydrogen (secondary N) is 3. The number of hydrogen-bond acceptors (Lipinski definition) is 7. The Morgan fingerprint density at radius 3 is 2.45 bits per heavy atom. The van der Waals surface area contributed by atoms with Gasteiger partial charge in [0.05, 0.1) is 0 Å². The monoisotopic (exact) mass is 590 g/mol. The zero-order chi connectivity index (χ0) is 30.3. The van der Waals surface area contributed by atoms with Crippen molar-refractivity contribution < 1.29 is 14.4 Å². The first-order valence-electron chi connectivity index (χ1n) is 14.8. The molecule has 0 aromatic heterocycles. The molecule has 5 N–H and O–H groups in total. The number of nitrogens with two attached hydrogens (primary N) is 1. The SMILES string of the molecule is C#CC(CC)(CC)NC(=O)/C(N)=C1\S[C@H](CNc2ccc3cc(C(=O)NCCN4CCCC4)ccc3c2)C(=O)N1CC. The molecule has 10 heteroatoms. The Balaban J connectivity index is 1.38. The van der Waals surface area contributed by atoms with Crippen LogP contribution in [0.3, 0.4) is 0 Å². The number of amides is 3. The van der Waals surface area contributed by atoms with Gasteiger partial charge in [0.2, 0.25) is 5.91 Å². The summed E-state index contributed by atoms with van der Waals surface area (Å²) in [5.41, 5.74) is 6.99. The lowest BCUT2D eigenvalue weighted by Gasteiger charge is -2.27. The van der Waals surface area contributed by atoms with Crippen LogP contribution in [0, 0.1) is 12.3 Å². The molecule has 224 valence electrons. The smallest absolute Gasteiger partial charge is 0.271 e. The maximum Gasteiger partial charge on any atom is 0.271 e. The molecule has 4 rings (SSSR count). The number of benzene rings is 2. The van der Waals surface area contributed by atoms with Crippen LogP contribution in [0.4, 0.5) is 5.69 Å². The maximum atomic E-state index is 13.2. The summed E-state index contributed by atoms with van der Waals surface area (Å²) in [4.78, 5) is 42.8. The third-order valence-electron chi connectivity index (χ3n) is 8.17. The van der Waals surface area contributed by atoms with Gasteiger partial charge in [-0.1, -0.05) is 43.7 Å². The van der Waals surface area contributed by atoms with Gasteiger partial charge in [0.1, 0.15) is 21.5 Å². The fraction of sp³-hybridized carbons (Fsp3) is 0.469. The second-order valence-electron chi connectivity index (χ2n) is 10.8. The van der Waals surface area contributed by atoms with Crippen molar-refractivity contribution in [3.63, 3.8) is 0 Å². The van der Waals surface area contributed by atoms with E-state index in [-0.39, 0.29) is 17.5 Å². The van der Waals surface area contributed by atoms with Crippen molar-refractivity contribution in [2.45, 2.75) is 57.2 Å². The molecule has 0 aliphatic carbocycles. The first kappa shape index (κ1) is 31.3. The first-order valence-corrected chi connectivity index (χ1v) is 15.7. The molecule has 2 saturated heterocycles. The lowest BCUT2D eigenvalue weighted by atomic mass is 9.94. The van der Waals surface area contributed by atoms with Crippen molar-refractivity contribution in [3.8, 4) is 12.3 Å². The molecule has 2 aromatic rings. The summed E-state index contributed by atoms with van der Waals surface area (Å²) in [6.45, 7) is 10.2. The number of likely N-dealkylation sites (tertiary alicyclic amines) is 1. The van der Waals surface area contributed by atoms with Crippen LogP contribution in [0.25, 0.3) is 10.8 Å². The number of rotatable bonds is 12. The first-order chi connectivity index (χ1) is 20.2. The highest BCUT2D eigenvalue weighted by atomic mass is 32.2. The number of anilines is 1. The van der Waals surface area contributed by atoms with Crippen molar-refractivity contribution in [1.82, 2.24) is 20.4 Å². The fourth-order valence-electron chi connectivity index (χ4n) is 5.35. The molecule has 0 spiro atoms. The van der Waals surface area contributed by atoms with Gasteiger partial charge in [-0.2, -0.15) is 0 Å². The van der Waals surface area contributed by atoms with Crippen LogP contribution < -0.4 is 21.7 Å². The van der Waals surface area contributed by atoms with E-state index in [1.807, 2.05) is 57.2 Å². The van der Waals surface area contributed by atoms with E-state index in [1.165, 1.54) is 24.6 Å². The van der Waals surface area contributed by atoms with E-state index >= 15 is 0 Å². The number of carbonyl (C=O) groups excluding carboxylic acids is 3. The summed E-state index contributed by atoms with van der Waals surface area (Å²) in [5, 5.41) is 11.2. The number of thioether (sulfide) groups is 1. The minimum Gasteiger partial charge on any atom is -0.392 e. The Morgan fingerprint density at radius 2 is 1.79 bits per heavy atom. The van der Waals surface area contributed by atoms with Crippen LogP contribution >= 0.6 is 11.8 Å². The molecule has 0 bridgehead atoms. The average molecular weight is 591 g/mol. The van der Waals surface area contributed by atoms with E-state index in [9.17, 15) is 14.4 Å². The fourth-order valence-corrected chi connectivity index (χ4v) is 6.58. The number of hydrogen-bond donors (Lipinski definition) is 4. The van der Waals surface area contributed by atoms with Crippen molar-refractivity contribution in [3.05, 3.63) is 52.7 Å². The molecule has 0 saturated carbocycles. The molecule has 2 aliphatic heterocycles. The molecule has 9 nitrogen and oxygen atoms in total. The van der Waals surface area contributed by atoms with E-state index < -0.39 is 16.7 Å². The van der Waals surface area contributed by atoms with Gasteiger partial charge in [0.15, 0.2) is 0 Å². The zero-order valence-electron chi connectivity index (χ0n) is 24.8.